The molecule has 0 amide bonds. The van der Waals surface area contributed by atoms with Gasteiger partial charge < -0.3 is 5.32 Å². The van der Waals surface area contributed by atoms with Crippen LogP contribution in [0.4, 0.5) is 4.39 Å². The molecule has 1 aromatic heterocycles. The lowest BCUT2D eigenvalue weighted by molar-refractivity contribution is 0.628. The van der Waals surface area contributed by atoms with Crippen LogP contribution in [0, 0.1) is 5.82 Å². The second kappa shape index (κ2) is 4.95. The Morgan fingerprint density at radius 3 is 2.81 bits per heavy atom. The average molecular weight is 256 g/mol. The molecular weight excluding hydrogens is 245 g/mol. The van der Waals surface area contributed by atoms with Gasteiger partial charge in [-0.2, -0.15) is 0 Å². The molecule has 0 spiro atoms. The molecule has 0 aliphatic rings. The quantitative estimate of drug-likeness (QED) is 0.876. The van der Waals surface area contributed by atoms with E-state index in [-0.39, 0.29) is 10.8 Å². The molecule has 0 saturated heterocycles. The van der Waals surface area contributed by atoms with E-state index in [1.807, 2.05) is 13.1 Å². The lowest BCUT2D eigenvalue weighted by Gasteiger charge is -1.99. The minimum absolute atomic E-state index is 0.168. The Labute approximate surface area is 103 Å². The van der Waals surface area contributed by atoms with Crippen LogP contribution in [-0.2, 0) is 6.54 Å². The summed E-state index contributed by atoms with van der Waals surface area (Å²) in [5, 5.41) is 3.26. The van der Waals surface area contributed by atoms with E-state index in [2.05, 4.69) is 11.4 Å². The van der Waals surface area contributed by atoms with Gasteiger partial charge in [0.15, 0.2) is 0 Å². The highest BCUT2D eigenvalue weighted by Gasteiger charge is 2.05. The van der Waals surface area contributed by atoms with Crippen LogP contribution in [0.3, 0.4) is 0 Å². The molecule has 4 heteroatoms. The normalized spacial score (nSPS) is 10.7. The van der Waals surface area contributed by atoms with Crippen molar-refractivity contribution in [3.63, 3.8) is 0 Å². The molecule has 0 unspecified atom stereocenters. The molecule has 0 bridgehead atoms. The van der Waals surface area contributed by atoms with Crippen molar-refractivity contribution in [2.45, 2.75) is 6.54 Å². The van der Waals surface area contributed by atoms with E-state index < -0.39 is 0 Å². The largest absolute Gasteiger partial charge is 0.315 e. The smallest absolute Gasteiger partial charge is 0.141 e. The van der Waals surface area contributed by atoms with E-state index in [4.69, 9.17) is 11.6 Å². The zero-order chi connectivity index (χ0) is 11.5. The highest BCUT2D eigenvalue weighted by molar-refractivity contribution is 7.15. The maximum absolute atomic E-state index is 13.0. The Morgan fingerprint density at radius 2 is 2.12 bits per heavy atom. The molecule has 2 rings (SSSR count). The molecule has 2 aromatic rings. The first-order valence-electron chi connectivity index (χ1n) is 4.89. The van der Waals surface area contributed by atoms with Crippen molar-refractivity contribution in [3.05, 3.63) is 46.0 Å². The summed E-state index contributed by atoms with van der Waals surface area (Å²) in [6, 6.07) is 8.89. The maximum Gasteiger partial charge on any atom is 0.141 e. The fraction of sp³-hybridized carbons (Fsp3) is 0.167. The lowest BCUT2D eigenvalue weighted by atomic mass is 10.2. The summed E-state index contributed by atoms with van der Waals surface area (Å²) in [7, 11) is 1.91. The number of benzene rings is 1. The Hall–Kier alpha value is -0.900. The minimum atomic E-state index is -0.377. The second-order valence-electron chi connectivity index (χ2n) is 3.43. The van der Waals surface area contributed by atoms with Crippen molar-refractivity contribution in [2.24, 2.45) is 0 Å². The van der Waals surface area contributed by atoms with E-state index in [0.717, 1.165) is 17.0 Å². The van der Waals surface area contributed by atoms with E-state index in [1.54, 1.807) is 23.5 Å². The van der Waals surface area contributed by atoms with Gasteiger partial charge >= 0.3 is 0 Å². The van der Waals surface area contributed by atoms with Crippen LogP contribution in [0.15, 0.2) is 30.3 Å². The van der Waals surface area contributed by atoms with Crippen molar-refractivity contribution in [1.29, 1.82) is 0 Å². The van der Waals surface area contributed by atoms with Crippen LogP contribution < -0.4 is 5.32 Å². The van der Waals surface area contributed by atoms with E-state index in [0.29, 0.717) is 0 Å². The number of rotatable bonds is 3. The van der Waals surface area contributed by atoms with Gasteiger partial charge in [-0.3, -0.25) is 0 Å². The molecule has 1 aromatic carbocycles. The first kappa shape index (κ1) is 11.6. The van der Waals surface area contributed by atoms with E-state index >= 15 is 0 Å². The van der Waals surface area contributed by atoms with Gasteiger partial charge in [0.1, 0.15) is 5.82 Å². The molecule has 16 heavy (non-hydrogen) atoms. The van der Waals surface area contributed by atoms with Gasteiger partial charge in [-0.25, -0.2) is 4.39 Å². The number of hydrogen-bond acceptors (Lipinski definition) is 2. The van der Waals surface area contributed by atoms with Crippen LogP contribution >= 0.6 is 22.9 Å². The zero-order valence-electron chi connectivity index (χ0n) is 8.76. The van der Waals surface area contributed by atoms with Gasteiger partial charge in [0.05, 0.1) is 5.02 Å². The summed E-state index contributed by atoms with van der Waals surface area (Å²) in [6.07, 6.45) is 0. The summed E-state index contributed by atoms with van der Waals surface area (Å²) < 4.78 is 13.0. The van der Waals surface area contributed by atoms with Gasteiger partial charge in [-0.1, -0.05) is 17.7 Å². The molecule has 0 saturated carbocycles. The molecule has 0 aliphatic carbocycles. The van der Waals surface area contributed by atoms with Crippen LogP contribution in [-0.4, -0.2) is 7.05 Å². The summed E-state index contributed by atoms with van der Waals surface area (Å²) >= 11 is 7.43. The predicted molar refractivity (Wildman–Crippen MR) is 67.5 cm³/mol. The number of nitrogens with one attached hydrogen (secondary N) is 1. The summed E-state index contributed by atoms with van der Waals surface area (Å²) in [5.74, 6) is -0.377. The number of thiophene rings is 1. The van der Waals surface area contributed by atoms with Gasteiger partial charge in [0.2, 0.25) is 0 Å². The topological polar surface area (TPSA) is 12.0 Å². The number of hydrogen-bond donors (Lipinski definition) is 1. The molecule has 1 heterocycles. The molecule has 0 fully saturated rings. The molecule has 84 valence electrons. The fourth-order valence-electron chi connectivity index (χ4n) is 1.45. The average Bonchev–Trinajstić information content (AvgIpc) is 2.71. The summed E-state index contributed by atoms with van der Waals surface area (Å²) in [6.45, 7) is 0.847. The zero-order valence-corrected chi connectivity index (χ0v) is 10.3. The molecule has 1 N–H and O–H groups in total. The van der Waals surface area contributed by atoms with Crippen LogP contribution in [0.1, 0.15) is 4.88 Å². The predicted octanol–water partition coefficient (Wildman–Crippen LogP) is 3.93. The van der Waals surface area contributed by atoms with Gasteiger partial charge in [-0.15, -0.1) is 11.3 Å². The van der Waals surface area contributed by atoms with Crippen LogP contribution in [0.25, 0.3) is 10.4 Å². The third-order valence-corrected chi connectivity index (χ3v) is 3.64. The molecule has 0 aliphatic heterocycles. The van der Waals surface area contributed by atoms with Gasteiger partial charge in [0, 0.05) is 16.3 Å². The van der Waals surface area contributed by atoms with Crippen molar-refractivity contribution < 1.29 is 4.39 Å². The third-order valence-electron chi connectivity index (χ3n) is 2.22. The summed E-state index contributed by atoms with van der Waals surface area (Å²) in [5.41, 5.74) is 0.957. The van der Waals surface area contributed by atoms with Crippen LogP contribution in [0.5, 0.6) is 0 Å². The monoisotopic (exact) mass is 255 g/mol. The molecular formula is C12H11ClFNS. The molecule has 1 nitrogen and oxygen atoms in total. The number of halogens is 2. The maximum atomic E-state index is 13.0. The van der Waals surface area contributed by atoms with Crippen molar-refractivity contribution in [1.82, 2.24) is 5.32 Å². The standard InChI is InChI=1S/C12H11ClFNS/c1-15-7-9-3-5-12(16-9)8-2-4-11(14)10(13)6-8/h2-6,15H,7H2,1H3. The lowest BCUT2D eigenvalue weighted by Crippen LogP contribution is -2.02. The van der Waals surface area contributed by atoms with E-state index in [1.165, 1.54) is 10.9 Å². The highest BCUT2D eigenvalue weighted by atomic mass is 35.5. The van der Waals surface area contributed by atoms with E-state index in [9.17, 15) is 4.39 Å². The Bertz CT molecular complexity index is 496. The van der Waals surface area contributed by atoms with Crippen molar-refractivity contribution in [3.8, 4) is 10.4 Å². The first-order valence-corrected chi connectivity index (χ1v) is 6.09. The van der Waals surface area contributed by atoms with Gasteiger partial charge in [0.25, 0.3) is 0 Å². The third kappa shape index (κ3) is 2.43. The van der Waals surface area contributed by atoms with Gasteiger partial charge in [-0.05, 0) is 36.9 Å². The SMILES string of the molecule is CNCc1ccc(-c2ccc(F)c(Cl)c2)s1. The van der Waals surface area contributed by atoms with Crippen molar-refractivity contribution in [2.75, 3.05) is 7.05 Å². The molecule has 0 radical (unpaired) electrons. The molecule has 0 atom stereocenters. The minimum Gasteiger partial charge on any atom is -0.315 e. The Kier molecular flexibility index (Phi) is 3.59. The van der Waals surface area contributed by atoms with Crippen molar-refractivity contribution >= 4 is 22.9 Å². The van der Waals surface area contributed by atoms with Crippen LogP contribution in [0.2, 0.25) is 5.02 Å². The summed E-state index contributed by atoms with van der Waals surface area (Å²) in [4.78, 5) is 2.35. The second-order valence-corrected chi connectivity index (χ2v) is 5.00. The Balaban J connectivity index is 2.31. The Morgan fingerprint density at radius 1 is 1.31 bits per heavy atom. The first-order chi connectivity index (χ1) is 7.70. The highest BCUT2D eigenvalue weighted by Crippen LogP contribution is 2.30. The fourth-order valence-corrected chi connectivity index (χ4v) is 2.65.